The molecular formula is C22H27FN2O5S. The molecule has 9 heteroatoms. The van der Waals surface area contributed by atoms with Gasteiger partial charge in [0.15, 0.2) is 11.6 Å². The van der Waals surface area contributed by atoms with Gasteiger partial charge in [0, 0.05) is 18.4 Å². The fourth-order valence-corrected chi connectivity index (χ4v) is 5.08. The molecule has 31 heavy (non-hydrogen) atoms. The zero-order valence-electron chi connectivity index (χ0n) is 17.2. The SMILES string of the molecule is O=C1CC(CCC/C=C/C2(NS(=O)(=O)c3ccc(F)c(OCC4CC4)c3)CC2)C(=O)N1. The van der Waals surface area contributed by atoms with Crippen LogP contribution in [0.3, 0.4) is 0 Å². The van der Waals surface area contributed by atoms with E-state index in [2.05, 4.69) is 10.0 Å². The minimum Gasteiger partial charge on any atom is -0.490 e. The average molecular weight is 451 g/mol. The molecule has 1 aromatic rings. The first kappa shape index (κ1) is 22.0. The van der Waals surface area contributed by atoms with E-state index in [9.17, 15) is 22.4 Å². The number of sulfonamides is 1. The summed E-state index contributed by atoms with van der Waals surface area (Å²) < 4.78 is 47.8. The monoisotopic (exact) mass is 450 g/mol. The summed E-state index contributed by atoms with van der Waals surface area (Å²) in [5.41, 5.74) is -0.622. The van der Waals surface area contributed by atoms with Crippen molar-refractivity contribution >= 4 is 21.8 Å². The molecule has 4 rings (SSSR count). The standard InChI is InChI=1S/C22H27FN2O5S/c23-18-8-7-17(13-19(18)30-14-15-5-6-15)31(28,29)25-22(10-11-22)9-3-1-2-4-16-12-20(26)24-21(16)27/h3,7-9,13,15-16,25H,1-2,4-6,10-12,14H2,(H,24,26,27)/b9-3+. The number of imide groups is 1. The highest BCUT2D eigenvalue weighted by Gasteiger charge is 2.43. The number of ether oxygens (including phenoxy) is 1. The first-order chi connectivity index (χ1) is 14.8. The summed E-state index contributed by atoms with van der Waals surface area (Å²) in [5, 5.41) is 2.30. The molecule has 1 atom stereocenters. The summed E-state index contributed by atoms with van der Waals surface area (Å²) in [4.78, 5) is 22.8. The van der Waals surface area contributed by atoms with Crippen molar-refractivity contribution in [1.82, 2.24) is 10.0 Å². The van der Waals surface area contributed by atoms with E-state index in [1.165, 1.54) is 12.1 Å². The fourth-order valence-electron chi connectivity index (χ4n) is 3.65. The fraction of sp³-hybridized carbons (Fsp3) is 0.545. The van der Waals surface area contributed by atoms with Gasteiger partial charge in [-0.1, -0.05) is 12.2 Å². The lowest BCUT2D eigenvalue weighted by Crippen LogP contribution is -2.35. The molecule has 0 radical (unpaired) electrons. The van der Waals surface area contributed by atoms with Gasteiger partial charge in [0.2, 0.25) is 21.8 Å². The summed E-state index contributed by atoms with van der Waals surface area (Å²) in [6.07, 6.45) is 9.57. The number of allylic oxidation sites excluding steroid dienone is 1. The molecule has 2 saturated carbocycles. The Hall–Kier alpha value is -2.26. The van der Waals surface area contributed by atoms with Crippen LogP contribution in [0.4, 0.5) is 4.39 Å². The smallest absolute Gasteiger partial charge is 0.241 e. The molecule has 168 valence electrons. The number of nitrogens with one attached hydrogen (secondary N) is 2. The van der Waals surface area contributed by atoms with Gasteiger partial charge < -0.3 is 4.74 Å². The van der Waals surface area contributed by atoms with Crippen molar-refractivity contribution in [2.75, 3.05) is 6.61 Å². The van der Waals surface area contributed by atoms with Crippen LogP contribution < -0.4 is 14.8 Å². The van der Waals surface area contributed by atoms with Crippen LogP contribution in [0.5, 0.6) is 5.75 Å². The second kappa shape index (κ2) is 8.70. The second-order valence-corrected chi connectivity index (χ2v) is 10.4. The van der Waals surface area contributed by atoms with Gasteiger partial charge in [-0.15, -0.1) is 0 Å². The topological polar surface area (TPSA) is 102 Å². The average Bonchev–Trinajstić information content (AvgIpc) is 3.63. The predicted molar refractivity (Wildman–Crippen MR) is 111 cm³/mol. The maximum atomic E-state index is 14.0. The lowest BCUT2D eigenvalue weighted by atomic mass is 10.0. The maximum absolute atomic E-state index is 14.0. The van der Waals surface area contributed by atoms with Crippen molar-refractivity contribution < 1.29 is 27.1 Å². The normalized spacial score (nSPS) is 22.7. The third-order valence-corrected chi connectivity index (χ3v) is 7.49. The Labute approximate surface area is 181 Å². The summed E-state index contributed by atoms with van der Waals surface area (Å²) in [7, 11) is -3.83. The van der Waals surface area contributed by atoms with Crippen molar-refractivity contribution in [2.24, 2.45) is 11.8 Å². The Morgan fingerprint density at radius 1 is 1.26 bits per heavy atom. The molecule has 1 aromatic carbocycles. The minimum absolute atomic E-state index is 0.0173. The summed E-state index contributed by atoms with van der Waals surface area (Å²) in [5.74, 6) is -0.868. The predicted octanol–water partition coefficient (Wildman–Crippen LogP) is 2.81. The van der Waals surface area contributed by atoms with Gasteiger partial charge in [0.05, 0.1) is 17.0 Å². The van der Waals surface area contributed by atoms with Crippen molar-refractivity contribution in [2.45, 2.75) is 61.8 Å². The third kappa shape index (κ3) is 5.71. The Morgan fingerprint density at radius 2 is 2.03 bits per heavy atom. The van der Waals surface area contributed by atoms with Crippen molar-refractivity contribution in [3.8, 4) is 5.75 Å². The number of halogens is 1. The molecule has 2 aliphatic carbocycles. The number of benzene rings is 1. The Balaban J connectivity index is 1.31. The highest BCUT2D eigenvalue weighted by Crippen LogP contribution is 2.39. The van der Waals surface area contributed by atoms with Crippen LogP contribution in [-0.2, 0) is 19.6 Å². The van der Waals surface area contributed by atoms with Gasteiger partial charge in [-0.3, -0.25) is 14.9 Å². The molecule has 3 fully saturated rings. The van der Waals surface area contributed by atoms with Crippen LogP contribution in [0.15, 0.2) is 35.2 Å². The van der Waals surface area contributed by atoms with Crippen LogP contribution in [0.2, 0.25) is 0 Å². The molecule has 2 amide bonds. The molecule has 1 heterocycles. The van der Waals surface area contributed by atoms with Crippen LogP contribution in [-0.4, -0.2) is 32.4 Å². The van der Waals surface area contributed by atoms with Crippen molar-refractivity contribution in [1.29, 1.82) is 0 Å². The zero-order valence-corrected chi connectivity index (χ0v) is 18.0. The Morgan fingerprint density at radius 3 is 2.68 bits per heavy atom. The molecule has 0 spiro atoms. The van der Waals surface area contributed by atoms with Gasteiger partial charge in [-0.05, 0) is 63.0 Å². The van der Waals surface area contributed by atoms with E-state index < -0.39 is 21.4 Å². The molecule has 7 nitrogen and oxygen atoms in total. The molecule has 1 saturated heterocycles. The van der Waals surface area contributed by atoms with Crippen LogP contribution in [0.1, 0.15) is 51.4 Å². The van der Waals surface area contributed by atoms with Gasteiger partial charge >= 0.3 is 0 Å². The van der Waals surface area contributed by atoms with Crippen LogP contribution in [0, 0.1) is 17.7 Å². The lowest BCUT2D eigenvalue weighted by molar-refractivity contribution is -0.125. The molecule has 3 aliphatic rings. The number of carbonyl (C=O) groups is 2. The summed E-state index contributed by atoms with van der Waals surface area (Å²) >= 11 is 0. The number of carbonyl (C=O) groups excluding carboxylic acids is 2. The minimum atomic E-state index is -3.83. The van der Waals surface area contributed by atoms with Gasteiger partial charge in [0.25, 0.3) is 0 Å². The molecule has 1 aliphatic heterocycles. The van der Waals surface area contributed by atoms with E-state index >= 15 is 0 Å². The van der Waals surface area contributed by atoms with Gasteiger partial charge in [-0.2, -0.15) is 0 Å². The molecule has 2 N–H and O–H groups in total. The zero-order chi connectivity index (χ0) is 22.1. The number of hydrogen-bond donors (Lipinski definition) is 2. The summed E-state index contributed by atoms with van der Waals surface area (Å²) in [6.45, 7) is 0.400. The van der Waals surface area contributed by atoms with Crippen LogP contribution in [0.25, 0.3) is 0 Å². The van der Waals surface area contributed by atoms with Crippen molar-refractivity contribution in [3.05, 3.63) is 36.2 Å². The maximum Gasteiger partial charge on any atom is 0.241 e. The van der Waals surface area contributed by atoms with E-state index in [4.69, 9.17) is 4.74 Å². The Bertz CT molecular complexity index is 999. The third-order valence-electron chi connectivity index (χ3n) is 5.94. The Kier molecular flexibility index (Phi) is 6.16. The highest BCUT2D eigenvalue weighted by atomic mass is 32.2. The first-order valence-corrected chi connectivity index (χ1v) is 12.2. The van der Waals surface area contributed by atoms with Crippen LogP contribution >= 0.6 is 0 Å². The molecule has 0 aromatic heterocycles. The van der Waals surface area contributed by atoms with E-state index in [1.54, 1.807) is 0 Å². The summed E-state index contributed by atoms with van der Waals surface area (Å²) in [6, 6.07) is 3.61. The second-order valence-electron chi connectivity index (χ2n) is 8.75. The van der Waals surface area contributed by atoms with Gasteiger partial charge in [0.1, 0.15) is 0 Å². The van der Waals surface area contributed by atoms with Gasteiger partial charge in [-0.25, -0.2) is 17.5 Å². The van der Waals surface area contributed by atoms with Crippen molar-refractivity contribution in [3.63, 3.8) is 0 Å². The quantitative estimate of drug-likeness (QED) is 0.307. The number of rotatable bonds is 11. The van der Waals surface area contributed by atoms with E-state index in [0.29, 0.717) is 38.2 Å². The number of unbranched alkanes of at least 4 members (excludes halogenated alkanes) is 1. The molecule has 0 bridgehead atoms. The largest absolute Gasteiger partial charge is 0.490 e. The molecular weight excluding hydrogens is 423 g/mol. The highest BCUT2D eigenvalue weighted by molar-refractivity contribution is 7.89. The van der Waals surface area contributed by atoms with E-state index in [-0.39, 0.29) is 34.8 Å². The number of amides is 2. The number of hydrogen-bond acceptors (Lipinski definition) is 5. The molecule has 1 unspecified atom stereocenters. The van der Waals surface area contributed by atoms with E-state index in [0.717, 1.165) is 25.3 Å². The first-order valence-electron chi connectivity index (χ1n) is 10.7. The van der Waals surface area contributed by atoms with E-state index in [1.807, 2.05) is 12.2 Å². The lowest BCUT2D eigenvalue weighted by Gasteiger charge is -2.15.